The van der Waals surface area contributed by atoms with Crippen molar-refractivity contribution < 1.29 is 19.1 Å². The molecule has 0 bridgehead atoms. The van der Waals surface area contributed by atoms with Gasteiger partial charge in [0, 0.05) is 12.8 Å². The van der Waals surface area contributed by atoms with Gasteiger partial charge in [0.1, 0.15) is 0 Å². The van der Waals surface area contributed by atoms with Gasteiger partial charge >= 0.3 is 5.97 Å². The van der Waals surface area contributed by atoms with Crippen LogP contribution in [0.1, 0.15) is 50.7 Å². The summed E-state index contributed by atoms with van der Waals surface area (Å²) in [5.74, 6) is -0.163. The maximum absolute atomic E-state index is 11.3. The Bertz CT molecular complexity index is 802. The van der Waals surface area contributed by atoms with E-state index in [1.54, 1.807) is 0 Å². The molecule has 5 heteroatoms. The van der Waals surface area contributed by atoms with Gasteiger partial charge in [0.05, 0.1) is 19.8 Å². The van der Waals surface area contributed by atoms with Crippen LogP contribution in [0.25, 0.3) is 10.8 Å². The minimum Gasteiger partial charge on any atom is -0.469 e. The zero-order valence-corrected chi connectivity index (χ0v) is 17.1. The molecule has 0 heterocycles. The molecular weight excluding hydrogens is 354 g/mol. The van der Waals surface area contributed by atoms with Gasteiger partial charge in [-0.25, -0.2) is 0 Å². The summed E-state index contributed by atoms with van der Waals surface area (Å²) < 4.78 is 10.7. The van der Waals surface area contributed by atoms with E-state index in [-0.39, 0.29) is 23.9 Å². The third-order valence-electron chi connectivity index (χ3n) is 5.25. The Balaban J connectivity index is 1.96. The van der Waals surface area contributed by atoms with E-state index in [2.05, 4.69) is 43.3 Å². The largest absolute Gasteiger partial charge is 0.469 e. The number of hydrogen-bond acceptors (Lipinski definition) is 4. The minimum atomic E-state index is -0.268. The van der Waals surface area contributed by atoms with Gasteiger partial charge in [0.15, 0.2) is 0 Å². The molecule has 0 spiro atoms. The first-order valence-electron chi connectivity index (χ1n) is 9.88. The monoisotopic (exact) mass is 385 g/mol. The van der Waals surface area contributed by atoms with E-state index in [0.717, 1.165) is 24.8 Å². The zero-order chi connectivity index (χ0) is 20.5. The van der Waals surface area contributed by atoms with E-state index in [4.69, 9.17) is 15.2 Å². The number of fused-ring (bicyclic) bond motifs is 1. The zero-order valence-electron chi connectivity index (χ0n) is 17.1. The normalized spacial score (nSPS) is 13.2. The molecular formula is C23H31NO4. The molecule has 1 amide bonds. The molecule has 5 nitrogen and oxygen atoms in total. The topological polar surface area (TPSA) is 78.6 Å². The number of esters is 1. The summed E-state index contributed by atoms with van der Waals surface area (Å²) in [4.78, 5) is 22.2. The van der Waals surface area contributed by atoms with Gasteiger partial charge in [0.2, 0.25) is 5.91 Å². The molecule has 0 fully saturated rings. The van der Waals surface area contributed by atoms with E-state index in [1.165, 1.54) is 23.4 Å². The van der Waals surface area contributed by atoms with Crippen molar-refractivity contribution in [3.05, 3.63) is 47.5 Å². The smallest absolute Gasteiger partial charge is 0.305 e. The molecule has 0 aliphatic carbocycles. The highest BCUT2D eigenvalue weighted by Gasteiger charge is 2.14. The van der Waals surface area contributed by atoms with E-state index in [1.807, 2.05) is 6.92 Å². The predicted molar refractivity (Wildman–Crippen MR) is 111 cm³/mol. The average molecular weight is 386 g/mol. The fourth-order valence-electron chi connectivity index (χ4n) is 3.23. The number of aryl methyl sites for hydroxylation is 1. The molecule has 0 saturated heterocycles. The Hall–Kier alpha value is -2.40. The van der Waals surface area contributed by atoms with Gasteiger partial charge in [0.25, 0.3) is 0 Å². The molecule has 0 aromatic heterocycles. The number of methoxy groups -OCH3 is 1. The first kappa shape index (κ1) is 21.9. The molecule has 0 unspecified atom stereocenters. The van der Waals surface area contributed by atoms with Gasteiger partial charge in [-0.15, -0.1) is 0 Å². The number of benzene rings is 2. The van der Waals surface area contributed by atoms with Gasteiger partial charge in [-0.1, -0.05) is 37.3 Å². The Morgan fingerprint density at radius 1 is 1.11 bits per heavy atom. The third kappa shape index (κ3) is 6.64. The van der Waals surface area contributed by atoms with E-state index < -0.39 is 0 Å². The summed E-state index contributed by atoms with van der Waals surface area (Å²) in [6, 6.07) is 12.6. The van der Waals surface area contributed by atoms with Crippen molar-refractivity contribution in [2.45, 2.75) is 58.7 Å². The lowest BCUT2D eigenvalue weighted by molar-refractivity contribution is -0.140. The number of carbonyl (C=O) groups excluding carboxylic acids is 2. The number of nitrogens with two attached hydrogens (primary N) is 1. The lowest BCUT2D eigenvalue weighted by Gasteiger charge is -2.20. The van der Waals surface area contributed by atoms with E-state index in [9.17, 15) is 9.59 Å². The number of ether oxygens (including phenoxy) is 2. The first-order chi connectivity index (χ1) is 13.4. The quantitative estimate of drug-likeness (QED) is 0.590. The highest BCUT2D eigenvalue weighted by molar-refractivity contribution is 5.86. The van der Waals surface area contributed by atoms with Crippen LogP contribution in [-0.2, 0) is 32.1 Å². The maximum Gasteiger partial charge on any atom is 0.305 e. The van der Waals surface area contributed by atoms with Crippen molar-refractivity contribution in [3.8, 4) is 0 Å². The Labute approximate surface area is 167 Å². The molecule has 0 radical (unpaired) electrons. The molecule has 28 heavy (non-hydrogen) atoms. The van der Waals surface area contributed by atoms with Crippen LogP contribution < -0.4 is 5.73 Å². The molecule has 0 saturated carbocycles. The number of amides is 1. The van der Waals surface area contributed by atoms with Crippen molar-refractivity contribution in [1.29, 1.82) is 0 Å². The molecule has 2 aromatic rings. The van der Waals surface area contributed by atoms with Crippen LogP contribution in [0.4, 0.5) is 0 Å². The molecule has 2 N–H and O–H groups in total. The molecule has 0 aliphatic rings. The maximum atomic E-state index is 11.3. The molecule has 2 aromatic carbocycles. The van der Waals surface area contributed by atoms with Crippen LogP contribution >= 0.6 is 0 Å². The fraction of sp³-hybridized carbons (Fsp3) is 0.478. The molecule has 0 aliphatic heterocycles. The van der Waals surface area contributed by atoms with E-state index in [0.29, 0.717) is 19.4 Å². The van der Waals surface area contributed by atoms with E-state index >= 15 is 0 Å². The summed E-state index contributed by atoms with van der Waals surface area (Å²) in [6.45, 7) is 4.64. The third-order valence-corrected chi connectivity index (χ3v) is 5.25. The Morgan fingerprint density at radius 2 is 1.89 bits per heavy atom. The number of primary amides is 1. The van der Waals surface area contributed by atoms with Crippen LogP contribution in [0.5, 0.6) is 0 Å². The van der Waals surface area contributed by atoms with Crippen molar-refractivity contribution in [2.24, 2.45) is 11.7 Å². The SMILES string of the molecule is COC(=O)CCCc1cccc2cc(CO[C@H](C)[C@@H](C)CCC(N)=O)ccc12. The van der Waals surface area contributed by atoms with Crippen molar-refractivity contribution in [3.63, 3.8) is 0 Å². The summed E-state index contributed by atoms with van der Waals surface area (Å²) in [6.07, 6.45) is 3.24. The predicted octanol–water partition coefficient (Wildman–Crippen LogP) is 4.14. The van der Waals surface area contributed by atoms with Crippen molar-refractivity contribution >= 4 is 22.6 Å². The van der Waals surface area contributed by atoms with Crippen LogP contribution in [0.2, 0.25) is 0 Å². The number of carbonyl (C=O) groups is 2. The van der Waals surface area contributed by atoms with Crippen LogP contribution in [-0.4, -0.2) is 25.1 Å². The second kappa shape index (κ2) is 10.8. The summed E-state index contributed by atoms with van der Waals surface area (Å²) >= 11 is 0. The summed E-state index contributed by atoms with van der Waals surface area (Å²) in [7, 11) is 1.42. The van der Waals surface area contributed by atoms with Crippen molar-refractivity contribution in [2.75, 3.05) is 7.11 Å². The summed E-state index contributed by atoms with van der Waals surface area (Å²) in [5, 5.41) is 2.38. The second-order valence-corrected chi connectivity index (χ2v) is 7.40. The Morgan fingerprint density at radius 3 is 2.61 bits per heavy atom. The lowest BCUT2D eigenvalue weighted by atomic mass is 9.98. The van der Waals surface area contributed by atoms with Gasteiger partial charge in [-0.3, -0.25) is 9.59 Å². The molecule has 2 atom stereocenters. The summed E-state index contributed by atoms with van der Waals surface area (Å²) in [5.41, 5.74) is 7.58. The van der Waals surface area contributed by atoms with Gasteiger partial charge < -0.3 is 15.2 Å². The fourth-order valence-corrected chi connectivity index (χ4v) is 3.23. The minimum absolute atomic E-state index is 0.0553. The number of hydrogen-bond donors (Lipinski definition) is 1. The van der Waals surface area contributed by atoms with Crippen molar-refractivity contribution in [1.82, 2.24) is 0 Å². The van der Waals surface area contributed by atoms with Gasteiger partial charge in [-0.2, -0.15) is 0 Å². The second-order valence-electron chi connectivity index (χ2n) is 7.40. The lowest BCUT2D eigenvalue weighted by Crippen LogP contribution is -2.20. The highest BCUT2D eigenvalue weighted by Crippen LogP contribution is 2.23. The number of rotatable bonds is 11. The van der Waals surface area contributed by atoms with Crippen LogP contribution in [0.15, 0.2) is 36.4 Å². The van der Waals surface area contributed by atoms with Gasteiger partial charge in [-0.05, 0) is 60.1 Å². The average Bonchev–Trinajstić information content (AvgIpc) is 2.69. The first-order valence-corrected chi connectivity index (χ1v) is 9.88. The molecule has 152 valence electrons. The van der Waals surface area contributed by atoms with Crippen LogP contribution in [0, 0.1) is 5.92 Å². The molecule has 2 rings (SSSR count). The standard InChI is InChI=1S/C23H31NO4/c1-16(10-13-22(24)25)17(2)28-15-18-11-12-21-19(6-4-8-20(21)14-18)7-5-9-23(26)27-3/h4,6,8,11-12,14,16-17H,5,7,9-10,13,15H2,1-3H3,(H2,24,25)/t16-,17+/m0/s1. The highest BCUT2D eigenvalue weighted by atomic mass is 16.5. The Kier molecular flexibility index (Phi) is 8.45. The van der Waals surface area contributed by atoms with Crippen LogP contribution in [0.3, 0.4) is 0 Å².